The number of benzene rings is 2. The average molecular weight is 568 g/mol. The van der Waals surface area contributed by atoms with Gasteiger partial charge in [0.25, 0.3) is 5.56 Å². The lowest BCUT2D eigenvalue weighted by Crippen LogP contribution is -2.56. The summed E-state index contributed by atoms with van der Waals surface area (Å²) in [6, 6.07) is 21.5. The van der Waals surface area contributed by atoms with Crippen LogP contribution >= 0.6 is 0 Å². The Bertz CT molecular complexity index is 1450. The molecule has 3 heterocycles. The summed E-state index contributed by atoms with van der Waals surface area (Å²) in [5, 5.41) is 2.81. The van der Waals surface area contributed by atoms with Gasteiger partial charge in [0.1, 0.15) is 0 Å². The van der Waals surface area contributed by atoms with Crippen LogP contribution in [0.3, 0.4) is 0 Å². The van der Waals surface area contributed by atoms with Crippen LogP contribution in [-0.2, 0) is 11.3 Å². The van der Waals surface area contributed by atoms with Crippen molar-refractivity contribution in [3.8, 4) is 11.3 Å². The van der Waals surface area contributed by atoms with Gasteiger partial charge in [0.05, 0.1) is 18.1 Å². The van der Waals surface area contributed by atoms with Crippen LogP contribution in [0.1, 0.15) is 56.6 Å². The molecule has 3 amide bonds. The summed E-state index contributed by atoms with van der Waals surface area (Å²) in [7, 11) is 1.68. The van der Waals surface area contributed by atoms with Gasteiger partial charge in [0, 0.05) is 50.8 Å². The summed E-state index contributed by atoms with van der Waals surface area (Å²) in [6.45, 7) is 2.59. The third-order valence-electron chi connectivity index (χ3n) is 10.0. The van der Waals surface area contributed by atoms with Crippen molar-refractivity contribution < 1.29 is 9.59 Å². The Labute approximate surface area is 247 Å². The van der Waals surface area contributed by atoms with Gasteiger partial charge in [0.15, 0.2) is 0 Å². The van der Waals surface area contributed by atoms with Gasteiger partial charge in [-0.3, -0.25) is 14.2 Å². The first kappa shape index (κ1) is 28.2. The Morgan fingerprint density at radius 1 is 0.976 bits per heavy atom. The normalized spacial score (nSPS) is 23.6. The number of urea groups is 1. The van der Waals surface area contributed by atoms with E-state index >= 15 is 0 Å². The van der Waals surface area contributed by atoms with Crippen molar-refractivity contribution in [1.29, 1.82) is 0 Å². The van der Waals surface area contributed by atoms with Gasteiger partial charge in [0.2, 0.25) is 5.91 Å². The number of hydrogen-bond donors (Lipinski definition) is 1. The van der Waals surface area contributed by atoms with Gasteiger partial charge in [-0.05, 0) is 49.0 Å². The maximum absolute atomic E-state index is 14.2. The Balaban J connectivity index is 1.19. The number of carbonyl (C=O) groups is 2. The smallest absolute Gasteiger partial charge is 0.320 e. The summed E-state index contributed by atoms with van der Waals surface area (Å²) >= 11 is 0. The summed E-state index contributed by atoms with van der Waals surface area (Å²) in [6.07, 6.45) is 8.33. The Kier molecular flexibility index (Phi) is 8.13. The average Bonchev–Trinajstić information content (AvgIpc) is 3.51. The number of likely N-dealkylation sites (tertiary alicyclic amines) is 2. The fourth-order valence-corrected chi connectivity index (χ4v) is 7.68. The van der Waals surface area contributed by atoms with E-state index in [1.54, 1.807) is 24.0 Å². The van der Waals surface area contributed by atoms with Crippen LogP contribution in [-0.4, -0.2) is 58.0 Å². The van der Waals surface area contributed by atoms with Gasteiger partial charge >= 0.3 is 6.03 Å². The van der Waals surface area contributed by atoms with Crippen LogP contribution in [0.15, 0.2) is 77.9 Å². The van der Waals surface area contributed by atoms with E-state index in [1.807, 2.05) is 53.4 Å². The first-order valence-electron chi connectivity index (χ1n) is 15.4. The number of aromatic nitrogens is 2. The molecule has 3 atom stereocenters. The molecule has 220 valence electrons. The molecule has 1 saturated carbocycles. The quantitative estimate of drug-likeness (QED) is 0.464. The van der Waals surface area contributed by atoms with E-state index in [2.05, 4.69) is 27.3 Å². The van der Waals surface area contributed by atoms with E-state index in [4.69, 9.17) is 0 Å². The highest BCUT2D eigenvalue weighted by atomic mass is 16.2. The lowest BCUT2D eigenvalue weighted by Gasteiger charge is -2.49. The summed E-state index contributed by atoms with van der Waals surface area (Å²) in [4.78, 5) is 48.6. The highest BCUT2D eigenvalue weighted by Crippen LogP contribution is 2.49. The van der Waals surface area contributed by atoms with Gasteiger partial charge in [-0.15, -0.1) is 0 Å². The van der Waals surface area contributed by atoms with E-state index in [-0.39, 0.29) is 34.9 Å². The van der Waals surface area contributed by atoms with Crippen molar-refractivity contribution in [2.75, 3.05) is 26.7 Å². The van der Waals surface area contributed by atoms with Crippen LogP contribution in [0.25, 0.3) is 11.3 Å². The molecule has 1 N–H and O–H groups in total. The SMILES string of the molecule is CNC(=O)C1CCN(C(=O)N2CC[C@@H](Cn3cnc(-c4ccccc4)cc3=O)C3(CCCC3)C2)C(c2ccccc2)C1. The van der Waals surface area contributed by atoms with Gasteiger partial charge < -0.3 is 15.1 Å². The summed E-state index contributed by atoms with van der Waals surface area (Å²) in [5.41, 5.74) is 2.69. The Morgan fingerprint density at radius 3 is 2.38 bits per heavy atom. The minimum atomic E-state index is -0.125. The number of nitrogens with one attached hydrogen (secondary N) is 1. The highest BCUT2D eigenvalue weighted by molar-refractivity contribution is 5.80. The lowest BCUT2D eigenvalue weighted by molar-refractivity contribution is -0.126. The van der Waals surface area contributed by atoms with E-state index in [0.717, 1.165) is 49.8 Å². The molecule has 42 heavy (non-hydrogen) atoms. The summed E-state index contributed by atoms with van der Waals surface area (Å²) in [5.74, 6) is 0.265. The van der Waals surface area contributed by atoms with Crippen LogP contribution in [0.5, 0.6) is 0 Å². The molecule has 0 bridgehead atoms. The monoisotopic (exact) mass is 567 g/mol. The zero-order chi connectivity index (χ0) is 29.1. The molecule has 0 radical (unpaired) electrons. The molecule has 6 rings (SSSR count). The van der Waals surface area contributed by atoms with E-state index in [0.29, 0.717) is 44.1 Å². The van der Waals surface area contributed by atoms with Crippen molar-refractivity contribution in [3.63, 3.8) is 0 Å². The molecule has 8 heteroatoms. The molecule has 3 aliphatic rings. The summed E-state index contributed by atoms with van der Waals surface area (Å²) < 4.78 is 1.77. The van der Waals surface area contributed by atoms with Crippen LogP contribution in [0, 0.1) is 17.3 Å². The Morgan fingerprint density at radius 2 is 1.69 bits per heavy atom. The van der Waals surface area contributed by atoms with Gasteiger partial charge in [-0.25, -0.2) is 9.78 Å². The molecule has 1 aromatic heterocycles. The van der Waals surface area contributed by atoms with E-state index in [9.17, 15) is 14.4 Å². The maximum atomic E-state index is 14.2. The van der Waals surface area contributed by atoms with Gasteiger partial charge in [-0.1, -0.05) is 73.5 Å². The molecule has 2 saturated heterocycles. The standard InChI is InChI=1S/C34H41N5O3/c1-35-32(41)27-14-19-39(30(20-27)26-12-6-3-7-13-26)33(42)37-18-15-28(34(23-37)16-8-9-17-34)22-38-24-36-29(21-31(38)40)25-10-4-2-5-11-25/h2-7,10-13,21,24,27-28,30H,8-9,14-20,22-23H2,1H3,(H,35,41)/t27?,28-,30?/m0/s1. The Hall–Kier alpha value is -3.94. The molecule has 2 aliphatic heterocycles. The van der Waals surface area contributed by atoms with Crippen molar-refractivity contribution in [2.24, 2.45) is 17.3 Å². The molecule has 1 aliphatic carbocycles. The zero-order valence-corrected chi connectivity index (χ0v) is 24.5. The largest absolute Gasteiger partial charge is 0.359 e. The fourth-order valence-electron chi connectivity index (χ4n) is 7.68. The second-order valence-electron chi connectivity index (χ2n) is 12.3. The highest BCUT2D eigenvalue weighted by Gasteiger charge is 2.48. The minimum Gasteiger partial charge on any atom is -0.359 e. The first-order valence-corrected chi connectivity index (χ1v) is 15.4. The minimum absolute atomic E-state index is 0.00805. The number of amides is 3. The first-order chi connectivity index (χ1) is 20.5. The third-order valence-corrected chi connectivity index (χ3v) is 10.0. The number of hydrogen-bond acceptors (Lipinski definition) is 4. The number of nitrogens with zero attached hydrogens (tertiary/aromatic N) is 4. The predicted molar refractivity (Wildman–Crippen MR) is 163 cm³/mol. The zero-order valence-electron chi connectivity index (χ0n) is 24.5. The van der Waals surface area contributed by atoms with Gasteiger partial charge in [-0.2, -0.15) is 0 Å². The molecule has 3 fully saturated rings. The molecular weight excluding hydrogens is 526 g/mol. The second kappa shape index (κ2) is 12.1. The number of carbonyl (C=O) groups excluding carboxylic acids is 2. The molecule has 2 unspecified atom stereocenters. The van der Waals surface area contributed by atoms with E-state index < -0.39 is 0 Å². The van der Waals surface area contributed by atoms with Crippen LogP contribution in [0.2, 0.25) is 0 Å². The van der Waals surface area contributed by atoms with Crippen molar-refractivity contribution in [1.82, 2.24) is 24.7 Å². The second-order valence-corrected chi connectivity index (χ2v) is 12.3. The molecule has 8 nitrogen and oxygen atoms in total. The van der Waals surface area contributed by atoms with E-state index in [1.165, 1.54) is 0 Å². The molecule has 3 aromatic rings. The molecule has 2 aromatic carbocycles. The van der Waals surface area contributed by atoms with Crippen molar-refractivity contribution >= 4 is 11.9 Å². The number of piperidine rings is 2. The maximum Gasteiger partial charge on any atom is 0.320 e. The third kappa shape index (κ3) is 5.59. The molecular formula is C34H41N5O3. The lowest BCUT2D eigenvalue weighted by atomic mass is 9.69. The molecule has 1 spiro atoms. The van der Waals surface area contributed by atoms with Crippen molar-refractivity contribution in [2.45, 2.75) is 57.5 Å². The predicted octanol–water partition coefficient (Wildman–Crippen LogP) is 5.11. The fraction of sp³-hybridized carbons (Fsp3) is 0.471. The van der Waals surface area contributed by atoms with Crippen molar-refractivity contribution in [3.05, 3.63) is 89.0 Å². The van der Waals surface area contributed by atoms with Crippen LogP contribution < -0.4 is 10.9 Å². The number of rotatable bonds is 5. The van der Waals surface area contributed by atoms with Crippen LogP contribution in [0.4, 0.5) is 4.79 Å². The topological polar surface area (TPSA) is 87.5 Å².